The van der Waals surface area contributed by atoms with Crippen LogP contribution in [-0.4, -0.2) is 0 Å². The van der Waals surface area contributed by atoms with Crippen LogP contribution in [0.2, 0.25) is 4.34 Å². The minimum absolute atomic E-state index is 0.828. The Morgan fingerprint density at radius 2 is 2.00 bits per heavy atom. The lowest BCUT2D eigenvalue weighted by atomic mass is 10.1. The van der Waals surface area contributed by atoms with Crippen LogP contribution in [0.4, 0.5) is 5.69 Å². The monoisotopic (exact) mass is 237 g/mol. The van der Waals surface area contributed by atoms with Crippen LogP contribution in [-0.2, 0) is 0 Å². The van der Waals surface area contributed by atoms with Crippen LogP contribution in [0.25, 0.3) is 10.4 Å². The summed E-state index contributed by atoms with van der Waals surface area (Å²) in [5, 5.41) is 0. The highest BCUT2D eigenvalue weighted by atomic mass is 35.5. The van der Waals surface area contributed by atoms with Crippen molar-refractivity contribution < 1.29 is 0 Å². The highest BCUT2D eigenvalue weighted by molar-refractivity contribution is 7.19. The average Bonchev–Trinajstić information content (AvgIpc) is 2.51. The number of nitrogens with two attached hydrogens (primary N) is 1. The summed E-state index contributed by atoms with van der Waals surface area (Å²) in [5.41, 5.74) is 10.1. The van der Waals surface area contributed by atoms with Crippen molar-refractivity contribution in [2.24, 2.45) is 0 Å². The first-order valence-electron chi connectivity index (χ1n) is 4.71. The van der Waals surface area contributed by atoms with Gasteiger partial charge in [-0.15, -0.1) is 11.3 Å². The number of aryl methyl sites for hydroxylation is 1. The molecule has 0 saturated carbocycles. The van der Waals surface area contributed by atoms with Gasteiger partial charge >= 0.3 is 0 Å². The Bertz CT molecular complexity index is 483. The molecule has 0 spiro atoms. The molecule has 1 aromatic carbocycles. The highest BCUT2D eigenvalue weighted by Crippen LogP contribution is 2.37. The standard InChI is InChI=1S/C12H12ClNS/c1-7-6-11(15-12(7)13)9-4-3-5-10(14)8(9)2/h3-6H,14H2,1-2H3. The molecule has 2 rings (SSSR count). The Labute approximate surface area is 98.5 Å². The van der Waals surface area contributed by atoms with Crippen LogP contribution in [0.1, 0.15) is 11.1 Å². The molecule has 0 amide bonds. The Kier molecular flexibility index (Phi) is 2.72. The highest BCUT2D eigenvalue weighted by Gasteiger charge is 2.08. The van der Waals surface area contributed by atoms with E-state index in [-0.39, 0.29) is 0 Å². The van der Waals surface area contributed by atoms with Crippen LogP contribution in [0.3, 0.4) is 0 Å². The number of thiophene rings is 1. The van der Waals surface area contributed by atoms with Crippen molar-refractivity contribution in [2.75, 3.05) is 5.73 Å². The zero-order valence-corrected chi connectivity index (χ0v) is 10.2. The third kappa shape index (κ3) is 1.87. The molecule has 0 aliphatic heterocycles. The first kappa shape index (κ1) is 10.5. The molecule has 15 heavy (non-hydrogen) atoms. The van der Waals surface area contributed by atoms with Crippen molar-refractivity contribution in [3.63, 3.8) is 0 Å². The van der Waals surface area contributed by atoms with Crippen LogP contribution in [0.5, 0.6) is 0 Å². The topological polar surface area (TPSA) is 26.0 Å². The quantitative estimate of drug-likeness (QED) is 0.737. The number of halogens is 1. The van der Waals surface area contributed by atoms with Crippen LogP contribution in [0.15, 0.2) is 24.3 Å². The van der Waals surface area contributed by atoms with E-state index in [4.69, 9.17) is 17.3 Å². The van der Waals surface area contributed by atoms with E-state index in [2.05, 4.69) is 12.1 Å². The Balaban J connectivity index is 2.59. The molecule has 0 radical (unpaired) electrons. The molecule has 0 saturated heterocycles. The van der Waals surface area contributed by atoms with E-state index in [0.717, 1.165) is 21.2 Å². The zero-order chi connectivity index (χ0) is 11.0. The van der Waals surface area contributed by atoms with E-state index in [1.165, 1.54) is 10.4 Å². The second-order valence-corrected chi connectivity index (χ2v) is 5.24. The van der Waals surface area contributed by atoms with Crippen LogP contribution >= 0.6 is 22.9 Å². The van der Waals surface area contributed by atoms with Gasteiger partial charge in [0.1, 0.15) is 0 Å². The molecule has 1 nitrogen and oxygen atoms in total. The first-order valence-corrected chi connectivity index (χ1v) is 5.90. The summed E-state index contributed by atoms with van der Waals surface area (Å²) in [6.45, 7) is 4.05. The van der Waals surface area contributed by atoms with Gasteiger partial charge in [0, 0.05) is 10.6 Å². The van der Waals surface area contributed by atoms with Gasteiger partial charge in [0.2, 0.25) is 0 Å². The number of benzene rings is 1. The van der Waals surface area contributed by atoms with Crippen molar-refractivity contribution in [3.05, 3.63) is 39.7 Å². The zero-order valence-electron chi connectivity index (χ0n) is 8.67. The SMILES string of the molecule is Cc1cc(-c2cccc(N)c2C)sc1Cl. The molecule has 0 unspecified atom stereocenters. The van der Waals surface area contributed by atoms with Gasteiger partial charge < -0.3 is 5.73 Å². The molecule has 3 heteroatoms. The molecule has 0 aliphatic rings. The average molecular weight is 238 g/mol. The molecule has 0 atom stereocenters. The van der Waals surface area contributed by atoms with Gasteiger partial charge in [-0.3, -0.25) is 0 Å². The summed E-state index contributed by atoms with van der Waals surface area (Å²) in [5.74, 6) is 0. The van der Waals surface area contributed by atoms with Crippen LogP contribution < -0.4 is 5.73 Å². The van der Waals surface area contributed by atoms with Crippen molar-refractivity contribution >= 4 is 28.6 Å². The molecule has 1 aromatic heterocycles. The summed E-state index contributed by atoms with van der Waals surface area (Å²) in [6.07, 6.45) is 0. The molecule has 0 fully saturated rings. The fourth-order valence-corrected chi connectivity index (χ4v) is 2.80. The molecule has 2 aromatic rings. The normalized spacial score (nSPS) is 10.6. The molecule has 0 bridgehead atoms. The van der Waals surface area contributed by atoms with Crippen LogP contribution in [0, 0.1) is 13.8 Å². The smallest absolute Gasteiger partial charge is 0.0963 e. The van der Waals surface area contributed by atoms with Crippen molar-refractivity contribution in [1.82, 2.24) is 0 Å². The molecule has 78 valence electrons. The van der Waals surface area contributed by atoms with Gasteiger partial charge in [0.25, 0.3) is 0 Å². The Morgan fingerprint density at radius 3 is 2.60 bits per heavy atom. The summed E-state index contributed by atoms with van der Waals surface area (Å²) < 4.78 is 0.854. The lowest BCUT2D eigenvalue weighted by Gasteiger charge is -2.05. The first-order chi connectivity index (χ1) is 7.09. The molecular formula is C12H12ClNS. The summed E-state index contributed by atoms with van der Waals surface area (Å²) >= 11 is 7.66. The molecule has 0 aliphatic carbocycles. The number of anilines is 1. The summed E-state index contributed by atoms with van der Waals surface area (Å²) in [4.78, 5) is 1.18. The van der Waals surface area contributed by atoms with Gasteiger partial charge in [-0.05, 0) is 42.7 Å². The van der Waals surface area contributed by atoms with E-state index in [1.54, 1.807) is 11.3 Å². The number of hydrogen-bond donors (Lipinski definition) is 1. The van der Waals surface area contributed by atoms with E-state index < -0.39 is 0 Å². The third-order valence-corrected chi connectivity index (χ3v) is 4.09. The summed E-state index contributed by atoms with van der Waals surface area (Å²) in [6, 6.07) is 8.07. The van der Waals surface area contributed by atoms with E-state index in [0.29, 0.717) is 0 Å². The molecule has 1 heterocycles. The minimum Gasteiger partial charge on any atom is -0.398 e. The van der Waals surface area contributed by atoms with Gasteiger partial charge in [-0.1, -0.05) is 23.7 Å². The Hall–Kier alpha value is -0.990. The minimum atomic E-state index is 0.828. The molecular weight excluding hydrogens is 226 g/mol. The van der Waals surface area contributed by atoms with E-state index in [9.17, 15) is 0 Å². The number of hydrogen-bond acceptors (Lipinski definition) is 2. The van der Waals surface area contributed by atoms with E-state index in [1.807, 2.05) is 26.0 Å². The van der Waals surface area contributed by atoms with Gasteiger partial charge in [0.15, 0.2) is 0 Å². The fourth-order valence-electron chi connectivity index (χ4n) is 1.51. The second-order valence-electron chi connectivity index (χ2n) is 3.59. The molecule has 2 N–H and O–H groups in total. The van der Waals surface area contributed by atoms with E-state index >= 15 is 0 Å². The Morgan fingerprint density at radius 1 is 1.27 bits per heavy atom. The number of nitrogen functional groups attached to an aromatic ring is 1. The lowest BCUT2D eigenvalue weighted by molar-refractivity contribution is 1.47. The van der Waals surface area contributed by atoms with Crippen molar-refractivity contribution in [3.8, 4) is 10.4 Å². The lowest BCUT2D eigenvalue weighted by Crippen LogP contribution is -1.90. The van der Waals surface area contributed by atoms with Gasteiger partial charge in [0.05, 0.1) is 4.34 Å². The summed E-state index contributed by atoms with van der Waals surface area (Å²) in [7, 11) is 0. The largest absolute Gasteiger partial charge is 0.398 e. The second kappa shape index (κ2) is 3.87. The number of rotatable bonds is 1. The van der Waals surface area contributed by atoms with Crippen molar-refractivity contribution in [2.45, 2.75) is 13.8 Å². The maximum absolute atomic E-state index is 6.06. The maximum Gasteiger partial charge on any atom is 0.0963 e. The van der Waals surface area contributed by atoms with Gasteiger partial charge in [-0.2, -0.15) is 0 Å². The maximum atomic E-state index is 6.06. The third-order valence-electron chi connectivity index (χ3n) is 2.50. The fraction of sp³-hybridized carbons (Fsp3) is 0.167. The predicted octanol–water partition coefficient (Wildman–Crippen LogP) is 4.27. The predicted molar refractivity (Wildman–Crippen MR) is 68.7 cm³/mol. The van der Waals surface area contributed by atoms with Gasteiger partial charge in [-0.25, -0.2) is 0 Å². The van der Waals surface area contributed by atoms with Crippen molar-refractivity contribution in [1.29, 1.82) is 0 Å².